The molecule has 2 aliphatic heterocycles. The molecule has 2 heterocycles. The van der Waals surface area contributed by atoms with Gasteiger partial charge < -0.3 is 10.5 Å². The molecule has 0 aliphatic carbocycles. The largest absolute Gasteiger partial charge is 0.493 e. The zero-order valence-corrected chi connectivity index (χ0v) is 12.5. The van der Waals surface area contributed by atoms with Crippen molar-refractivity contribution in [3.05, 3.63) is 29.3 Å². The van der Waals surface area contributed by atoms with Gasteiger partial charge in [0.25, 0.3) is 0 Å². The van der Waals surface area contributed by atoms with Gasteiger partial charge >= 0.3 is 0 Å². The quantitative estimate of drug-likeness (QED) is 0.917. The van der Waals surface area contributed by atoms with E-state index >= 15 is 0 Å². The Morgan fingerprint density at radius 1 is 1.40 bits per heavy atom. The fraction of sp³-hybridized carbons (Fsp3) is 0.647. The van der Waals surface area contributed by atoms with Crippen LogP contribution in [0, 0.1) is 0 Å². The molecule has 1 saturated heterocycles. The van der Waals surface area contributed by atoms with Crippen LogP contribution in [0.3, 0.4) is 0 Å². The number of benzene rings is 1. The van der Waals surface area contributed by atoms with Crippen LogP contribution in [-0.2, 0) is 6.42 Å². The predicted octanol–water partition coefficient (Wildman–Crippen LogP) is 2.89. The maximum Gasteiger partial charge on any atom is 0.122 e. The summed E-state index contributed by atoms with van der Waals surface area (Å²) in [6.07, 6.45) is 6.26. The first-order chi connectivity index (χ1) is 9.83. The number of piperidine rings is 1. The molecule has 2 unspecified atom stereocenters. The molecule has 110 valence electrons. The van der Waals surface area contributed by atoms with E-state index in [2.05, 4.69) is 30.0 Å². The molecule has 0 radical (unpaired) electrons. The van der Waals surface area contributed by atoms with Crippen LogP contribution in [0.15, 0.2) is 18.2 Å². The molecule has 2 N–H and O–H groups in total. The summed E-state index contributed by atoms with van der Waals surface area (Å²) in [5.41, 5.74) is 8.85. The molecule has 0 aromatic heterocycles. The fourth-order valence-corrected chi connectivity index (χ4v) is 3.75. The van der Waals surface area contributed by atoms with Crippen molar-refractivity contribution >= 4 is 0 Å². The van der Waals surface area contributed by atoms with E-state index in [4.69, 9.17) is 10.5 Å². The standard InChI is InChI=1S/C17H26N2O/c1-2-15-5-3-4-9-19(15)16(12-18)13-6-7-17-14(11-13)8-10-20-17/h6-7,11,15-16H,2-5,8-10,12,18H2,1H3. The van der Waals surface area contributed by atoms with Crippen LogP contribution in [0.4, 0.5) is 0 Å². The molecule has 2 aliphatic rings. The lowest BCUT2D eigenvalue weighted by Crippen LogP contribution is -2.44. The van der Waals surface area contributed by atoms with Gasteiger partial charge in [-0.1, -0.05) is 25.5 Å². The van der Waals surface area contributed by atoms with Crippen LogP contribution in [0.1, 0.15) is 49.8 Å². The van der Waals surface area contributed by atoms with E-state index in [0.717, 1.165) is 18.8 Å². The molecule has 1 aromatic rings. The second-order valence-corrected chi connectivity index (χ2v) is 6.01. The van der Waals surface area contributed by atoms with Crippen LogP contribution in [0.25, 0.3) is 0 Å². The number of fused-ring (bicyclic) bond motifs is 1. The lowest BCUT2D eigenvalue weighted by Gasteiger charge is -2.41. The van der Waals surface area contributed by atoms with Crippen LogP contribution in [-0.4, -0.2) is 30.6 Å². The van der Waals surface area contributed by atoms with E-state index in [9.17, 15) is 0 Å². The lowest BCUT2D eigenvalue weighted by molar-refractivity contribution is 0.0949. The molecule has 1 fully saturated rings. The first-order valence-electron chi connectivity index (χ1n) is 8.05. The highest BCUT2D eigenvalue weighted by Gasteiger charge is 2.28. The maximum absolute atomic E-state index is 6.12. The van der Waals surface area contributed by atoms with Crippen molar-refractivity contribution in [2.45, 2.75) is 51.1 Å². The molecular formula is C17H26N2O. The number of nitrogens with two attached hydrogens (primary N) is 1. The summed E-state index contributed by atoms with van der Waals surface area (Å²) >= 11 is 0. The molecule has 3 heteroatoms. The first-order valence-corrected chi connectivity index (χ1v) is 8.05. The van der Waals surface area contributed by atoms with E-state index in [0.29, 0.717) is 18.6 Å². The molecule has 0 saturated carbocycles. The van der Waals surface area contributed by atoms with Crippen LogP contribution < -0.4 is 10.5 Å². The first kappa shape index (κ1) is 13.9. The van der Waals surface area contributed by atoms with Crippen molar-refractivity contribution in [3.8, 4) is 5.75 Å². The van der Waals surface area contributed by atoms with E-state index < -0.39 is 0 Å². The summed E-state index contributed by atoms with van der Waals surface area (Å²) in [6.45, 7) is 5.02. The van der Waals surface area contributed by atoms with Crippen molar-refractivity contribution < 1.29 is 4.74 Å². The zero-order chi connectivity index (χ0) is 13.9. The van der Waals surface area contributed by atoms with Crippen LogP contribution in [0.2, 0.25) is 0 Å². The summed E-state index contributed by atoms with van der Waals surface area (Å²) in [5.74, 6) is 1.07. The smallest absolute Gasteiger partial charge is 0.122 e. The number of ether oxygens (including phenoxy) is 1. The van der Waals surface area contributed by atoms with Gasteiger partial charge in [0.15, 0.2) is 0 Å². The lowest BCUT2D eigenvalue weighted by atomic mass is 9.94. The molecule has 0 spiro atoms. The monoisotopic (exact) mass is 274 g/mol. The Morgan fingerprint density at radius 3 is 3.10 bits per heavy atom. The number of hydrogen-bond acceptors (Lipinski definition) is 3. The summed E-state index contributed by atoms with van der Waals surface area (Å²) in [6, 6.07) is 7.73. The van der Waals surface area contributed by atoms with Gasteiger partial charge in [0.05, 0.1) is 6.61 Å². The second kappa shape index (κ2) is 6.15. The third kappa shape index (κ3) is 2.57. The maximum atomic E-state index is 6.12. The topological polar surface area (TPSA) is 38.5 Å². The van der Waals surface area contributed by atoms with Gasteiger partial charge in [-0.3, -0.25) is 4.90 Å². The summed E-state index contributed by atoms with van der Waals surface area (Å²) in [7, 11) is 0. The highest BCUT2D eigenvalue weighted by atomic mass is 16.5. The van der Waals surface area contributed by atoms with Crippen LogP contribution >= 0.6 is 0 Å². The van der Waals surface area contributed by atoms with E-state index in [-0.39, 0.29) is 0 Å². The SMILES string of the molecule is CCC1CCCCN1C(CN)c1ccc2c(c1)CCO2. The highest BCUT2D eigenvalue weighted by Crippen LogP contribution is 2.33. The molecular weight excluding hydrogens is 248 g/mol. The number of nitrogens with zero attached hydrogens (tertiary/aromatic N) is 1. The number of hydrogen-bond donors (Lipinski definition) is 1. The van der Waals surface area contributed by atoms with Crippen molar-refractivity contribution in [2.75, 3.05) is 19.7 Å². The highest BCUT2D eigenvalue weighted by molar-refractivity contribution is 5.41. The van der Waals surface area contributed by atoms with Gasteiger partial charge in [0.2, 0.25) is 0 Å². The molecule has 2 atom stereocenters. The van der Waals surface area contributed by atoms with Crippen molar-refractivity contribution in [1.82, 2.24) is 4.90 Å². The summed E-state index contributed by atoms with van der Waals surface area (Å²) < 4.78 is 5.61. The van der Waals surface area contributed by atoms with Crippen molar-refractivity contribution in [3.63, 3.8) is 0 Å². The minimum absolute atomic E-state index is 0.367. The molecule has 1 aromatic carbocycles. The molecule has 0 bridgehead atoms. The Labute approximate surface area is 122 Å². The Hall–Kier alpha value is -1.06. The second-order valence-electron chi connectivity index (χ2n) is 6.01. The molecule has 20 heavy (non-hydrogen) atoms. The van der Waals surface area contributed by atoms with Gasteiger partial charge in [-0.25, -0.2) is 0 Å². The zero-order valence-electron chi connectivity index (χ0n) is 12.5. The molecule has 3 rings (SSSR count). The fourth-order valence-electron chi connectivity index (χ4n) is 3.75. The van der Waals surface area contributed by atoms with Crippen molar-refractivity contribution in [1.29, 1.82) is 0 Å². The van der Waals surface area contributed by atoms with Crippen LogP contribution in [0.5, 0.6) is 5.75 Å². The third-order valence-corrected chi connectivity index (χ3v) is 4.87. The predicted molar refractivity (Wildman–Crippen MR) is 82.1 cm³/mol. The summed E-state index contributed by atoms with van der Waals surface area (Å²) in [5, 5.41) is 0. The average molecular weight is 274 g/mol. The number of likely N-dealkylation sites (tertiary alicyclic amines) is 1. The average Bonchev–Trinajstić information content (AvgIpc) is 2.96. The Balaban J connectivity index is 1.85. The Morgan fingerprint density at radius 2 is 2.30 bits per heavy atom. The van der Waals surface area contributed by atoms with Crippen molar-refractivity contribution in [2.24, 2.45) is 5.73 Å². The summed E-state index contributed by atoms with van der Waals surface area (Å²) in [4.78, 5) is 2.64. The number of rotatable bonds is 4. The molecule has 0 amide bonds. The Kier molecular flexibility index (Phi) is 4.27. The molecule has 3 nitrogen and oxygen atoms in total. The minimum atomic E-state index is 0.367. The van der Waals surface area contributed by atoms with E-state index in [1.807, 2.05) is 0 Å². The van der Waals surface area contributed by atoms with Gasteiger partial charge in [0, 0.05) is 25.0 Å². The van der Waals surface area contributed by atoms with E-state index in [1.54, 1.807) is 0 Å². The van der Waals surface area contributed by atoms with Gasteiger partial charge in [-0.2, -0.15) is 0 Å². The normalized spacial score (nSPS) is 24.2. The Bertz CT molecular complexity index is 460. The van der Waals surface area contributed by atoms with Gasteiger partial charge in [-0.05, 0) is 43.0 Å². The van der Waals surface area contributed by atoms with E-state index in [1.165, 1.54) is 43.4 Å². The van der Waals surface area contributed by atoms with Gasteiger partial charge in [-0.15, -0.1) is 0 Å². The van der Waals surface area contributed by atoms with Gasteiger partial charge in [0.1, 0.15) is 5.75 Å². The minimum Gasteiger partial charge on any atom is -0.493 e. The third-order valence-electron chi connectivity index (χ3n) is 4.87.